The molecule has 0 unspecified atom stereocenters. The van der Waals surface area contributed by atoms with Gasteiger partial charge in [-0.15, -0.1) is 0 Å². The number of hydrogen-bond donors (Lipinski definition) is 1. The molecule has 0 saturated carbocycles. The summed E-state index contributed by atoms with van der Waals surface area (Å²) in [6, 6.07) is 0. The van der Waals surface area contributed by atoms with Crippen LogP contribution in [0.4, 0.5) is 13.2 Å². The van der Waals surface area contributed by atoms with Crippen LogP contribution in [-0.4, -0.2) is 37.1 Å². The Hall–Kier alpha value is -1.63. The lowest BCUT2D eigenvalue weighted by molar-refractivity contribution is -0.127. The fraction of sp³-hybridized carbons (Fsp3) is 0.538. The number of carbonyl (C=O) groups is 1. The molecular formula is C13H17F3N2O2. The molecule has 0 amide bonds. The summed E-state index contributed by atoms with van der Waals surface area (Å²) in [7, 11) is 1.52. The maximum absolute atomic E-state index is 11.9. The van der Waals surface area contributed by atoms with E-state index in [0.717, 1.165) is 11.1 Å². The minimum absolute atomic E-state index is 0.0205. The first kappa shape index (κ1) is 16.4. The van der Waals surface area contributed by atoms with Crippen molar-refractivity contribution in [2.75, 3.05) is 20.2 Å². The van der Waals surface area contributed by atoms with Crippen molar-refractivity contribution < 1.29 is 22.7 Å². The Morgan fingerprint density at radius 1 is 1.40 bits per heavy atom. The minimum Gasteiger partial charge on any atom is -0.496 e. The summed E-state index contributed by atoms with van der Waals surface area (Å²) in [5.74, 6) is 0.293. The van der Waals surface area contributed by atoms with Gasteiger partial charge in [0, 0.05) is 17.3 Å². The first-order chi connectivity index (χ1) is 9.24. The van der Waals surface area contributed by atoms with Crippen LogP contribution in [0.15, 0.2) is 6.20 Å². The normalized spacial score (nSPS) is 11.5. The lowest BCUT2D eigenvalue weighted by atomic mass is 10.1. The number of aromatic nitrogens is 1. The number of alkyl halides is 3. The number of rotatable bonds is 6. The first-order valence-corrected chi connectivity index (χ1v) is 6.03. The molecule has 20 heavy (non-hydrogen) atoms. The number of aryl methyl sites for hydroxylation is 1. The van der Waals surface area contributed by atoms with Gasteiger partial charge >= 0.3 is 6.18 Å². The van der Waals surface area contributed by atoms with Gasteiger partial charge in [0.15, 0.2) is 5.78 Å². The number of halogens is 3. The lowest BCUT2D eigenvalue weighted by Crippen LogP contribution is -2.33. The third-order valence-corrected chi connectivity index (χ3v) is 2.76. The second-order valence-corrected chi connectivity index (χ2v) is 4.48. The van der Waals surface area contributed by atoms with Crippen LogP contribution in [0.3, 0.4) is 0 Å². The number of hydrogen-bond acceptors (Lipinski definition) is 4. The molecule has 1 rings (SSSR count). The highest BCUT2D eigenvalue weighted by molar-refractivity contribution is 5.82. The number of methoxy groups -OCH3 is 1. The SMILES string of the molecule is COc1c(C)cnc(CC(=O)CNCC(F)(F)F)c1C. The maximum Gasteiger partial charge on any atom is 0.401 e. The molecule has 1 aromatic heterocycles. The van der Waals surface area contributed by atoms with Crippen molar-refractivity contribution in [3.8, 4) is 5.75 Å². The van der Waals surface area contributed by atoms with Gasteiger partial charge in [-0.2, -0.15) is 13.2 Å². The van der Waals surface area contributed by atoms with Crippen LogP contribution in [0.25, 0.3) is 0 Å². The molecule has 0 aliphatic carbocycles. The third kappa shape index (κ3) is 4.80. The molecule has 0 aromatic carbocycles. The van der Waals surface area contributed by atoms with E-state index >= 15 is 0 Å². The summed E-state index contributed by atoms with van der Waals surface area (Å²) < 4.78 is 41.0. The molecule has 0 spiro atoms. The van der Waals surface area contributed by atoms with Crippen LogP contribution in [0, 0.1) is 13.8 Å². The van der Waals surface area contributed by atoms with Crippen molar-refractivity contribution in [3.05, 3.63) is 23.0 Å². The Labute approximate surface area is 115 Å². The summed E-state index contributed by atoms with van der Waals surface area (Å²) in [6.07, 6.45) is -2.76. The van der Waals surface area contributed by atoms with Crippen LogP contribution >= 0.6 is 0 Å². The predicted molar refractivity (Wildman–Crippen MR) is 67.9 cm³/mol. The molecule has 0 aliphatic heterocycles. The smallest absolute Gasteiger partial charge is 0.401 e. The van der Waals surface area contributed by atoms with E-state index in [4.69, 9.17) is 4.74 Å². The zero-order valence-corrected chi connectivity index (χ0v) is 11.6. The highest BCUT2D eigenvalue weighted by Crippen LogP contribution is 2.24. The second kappa shape index (κ2) is 6.69. The van der Waals surface area contributed by atoms with Gasteiger partial charge in [-0.3, -0.25) is 9.78 Å². The molecule has 0 aliphatic rings. The van der Waals surface area contributed by atoms with Crippen LogP contribution < -0.4 is 10.1 Å². The van der Waals surface area contributed by atoms with Crippen LogP contribution in [0.2, 0.25) is 0 Å². The second-order valence-electron chi connectivity index (χ2n) is 4.48. The Morgan fingerprint density at radius 3 is 2.60 bits per heavy atom. The molecule has 4 nitrogen and oxygen atoms in total. The maximum atomic E-state index is 11.9. The van der Waals surface area contributed by atoms with E-state index in [-0.39, 0.29) is 18.7 Å². The van der Waals surface area contributed by atoms with Crippen LogP contribution in [0.1, 0.15) is 16.8 Å². The summed E-state index contributed by atoms with van der Waals surface area (Å²) in [5.41, 5.74) is 2.10. The number of ketones is 1. The molecule has 0 bridgehead atoms. The minimum atomic E-state index is -4.32. The number of carbonyl (C=O) groups excluding carboxylic acids is 1. The summed E-state index contributed by atoms with van der Waals surface area (Å²) in [4.78, 5) is 15.8. The van der Waals surface area contributed by atoms with Crippen molar-refractivity contribution in [1.29, 1.82) is 0 Å². The Morgan fingerprint density at radius 2 is 2.05 bits per heavy atom. The zero-order valence-electron chi connectivity index (χ0n) is 11.6. The van der Waals surface area contributed by atoms with Gasteiger partial charge in [0.2, 0.25) is 0 Å². The van der Waals surface area contributed by atoms with E-state index in [2.05, 4.69) is 10.3 Å². The Bertz CT molecular complexity index is 487. The van der Waals surface area contributed by atoms with E-state index in [0.29, 0.717) is 11.4 Å². The number of ether oxygens (including phenoxy) is 1. The Kier molecular flexibility index (Phi) is 5.50. The molecule has 7 heteroatoms. The molecule has 0 atom stereocenters. The highest BCUT2D eigenvalue weighted by atomic mass is 19.4. The largest absolute Gasteiger partial charge is 0.496 e. The highest BCUT2D eigenvalue weighted by Gasteiger charge is 2.26. The van der Waals surface area contributed by atoms with Gasteiger partial charge in [0.1, 0.15) is 5.75 Å². The third-order valence-electron chi connectivity index (χ3n) is 2.76. The standard InChI is InChI=1S/C13H17F3N2O2/c1-8-5-18-11(9(2)12(8)20-3)4-10(19)6-17-7-13(14,15)16/h5,17H,4,6-7H2,1-3H3. The molecule has 1 aromatic rings. The molecule has 0 fully saturated rings. The quantitative estimate of drug-likeness (QED) is 0.870. The van der Waals surface area contributed by atoms with Gasteiger partial charge in [0.25, 0.3) is 0 Å². The monoisotopic (exact) mass is 290 g/mol. The molecule has 1 heterocycles. The van der Waals surface area contributed by atoms with Gasteiger partial charge in [-0.05, 0) is 13.8 Å². The average Bonchev–Trinajstić information content (AvgIpc) is 2.32. The number of Topliss-reactive ketones (excluding diaryl/α,β-unsaturated/α-hetero) is 1. The van der Waals surface area contributed by atoms with Gasteiger partial charge in [-0.25, -0.2) is 0 Å². The summed E-state index contributed by atoms with van der Waals surface area (Å²) >= 11 is 0. The van der Waals surface area contributed by atoms with Crippen LogP contribution in [-0.2, 0) is 11.2 Å². The van der Waals surface area contributed by atoms with Crippen molar-refractivity contribution in [2.24, 2.45) is 0 Å². The number of nitrogens with one attached hydrogen (secondary N) is 1. The number of nitrogens with zero attached hydrogens (tertiary/aromatic N) is 1. The molecule has 1 N–H and O–H groups in total. The first-order valence-electron chi connectivity index (χ1n) is 6.03. The average molecular weight is 290 g/mol. The van der Waals surface area contributed by atoms with E-state index in [1.807, 2.05) is 6.92 Å². The van der Waals surface area contributed by atoms with E-state index in [1.165, 1.54) is 7.11 Å². The van der Waals surface area contributed by atoms with Crippen molar-refractivity contribution in [3.63, 3.8) is 0 Å². The van der Waals surface area contributed by atoms with Gasteiger partial charge in [0.05, 0.1) is 32.3 Å². The number of pyridine rings is 1. The lowest BCUT2D eigenvalue weighted by Gasteiger charge is -2.12. The zero-order chi connectivity index (χ0) is 15.3. The van der Waals surface area contributed by atoms with E-state index in [9.17, 15) is 18.0 Å². The van der Waals surface area contributed by atoms with Gasteiger partial charge in [-0.1, -0.05) is 0 Å². The van der Waals surface area contributed by atoms with Crippen LogP contribution in [0.5, 0.6) is 5.75 Å². The Balaban J connectivity index is 2.63. The molecule has 0 saturated heterocycles. The van der Waals surface area contributed by atoms with E-state index in [1.54, 1.807) is 13.1 Å². The molecular weight excluding hydrogens is 273 g/mol. The molecule has 0 radical (unpaired) electrons. The van der Waals surface area contributed by atoms with Crippen molar-refractivity contribution in [2.45, 2.75) is 26.4 Å². The van der Waals surface area contributed by atoms with Gasteiger partial charge < -0.3 is 10.1 Å². The van der Waals surface area contributed by atoms with E-state index < -0.39 is 12.7 Å². The van der Waals surface area contributed by atoms with Crippen molar-refractivity contribution >= 4 is 5.78 Å². The molecule has 112 valence electrons. The summed E-state index contributed by atoms with van der Waals surface area (Å²) in [5, 5.41) is 2.07. The fourth-order valence-corrected chi connectivity index (χ4v) is 1.84. The predicted octanol–water partition coefficient (Wildman–Crippen LogP) is 1.97. The topological polar surface area (TPSA) is 51.2 Å². The fourth-order valence-electron chi connectivity index (χ4n) is 1.84. The van der Waals surface area contributed by atoms with Crippen molar-refractivity contribution in [1.82, 2.24) is 10.3 Å². The summed E-state index contributed by atoms with van der Waals surface area (Å²) in [6.45, 7) is 2.08.